The van der Waals surface area contributed by atoms with Crippen LogP contribution in [0.25, 0.3) is 0 Å². The molecule has 1 amide bonds. The van der Waals surface area contributed by atoms with Crippen LogP contribution in [0, 0.1) is 0 Å². The van der Waals surface area contributed by atoms with Gasteiger partial charge in [-0.15, -0.1) is 0 Å². The molecule has 0 fully saturated rings. The molecule has 0 bridgehead atoms. The SMILES string of the molecule is CC(NC(=O)c1ncn[nH]1)C(=O)O. The molecule has 0 aromatic carbocycles. The predicted octanol–water partition coefficient (Wildman–Crippen LogP) is -0.992. The number of aliphatic carboxylic acids is 1. The fourth-order valence-corrected chi connectivity index (χ4v) is 0.642. The van der Waals surface area contributed by atoms with Gasteiger partial charge in [0.05, 0.1) is 0 Å². The van der Waals surface area contributed by atoms with E-state index < -0.39 is 17.9 Å². The van der Waals surface area contributed by atoms with Crippen LogP contribution in [0.2, 0.25) is 0 Å². The van der Waals surface area contributed by atoms with Gasteiger partial charge in [-0.2, -0.15) is 5.10 Å². The lowest BCUT2D eigenvalue weighted by Gasteiger charge is -2.06. The van der Waals surface area contributed by atoms with Crippen molar-refractivity contribution in [3.8, 4) is 0 Å². The summed E-state index contributed by atoms with van der Waals surface area (Å²) in [6, 6.07) is -0.947. The summed E-state index contributed by atoms with van der Waals surface area (Å²) in [5.41, 5.74) is 0. The zero-order valence-corrected chi connectivity index (χ0v) is 6.81. The van der Waals surface area contributed by atoms with Gasteiger partial charge in [0.25, 0.3) is 5.91 Å². The second-order valence-electron chi connectivity index (χ2n) is 2.37. The third-order valence-corrected chi connectivity index (χ3v) is 1.35. The van der Waals surface area contributed by atoms with E-state index in [2.05, 4.69) is 20.5 Å². The lowest BCUT2D eigenvalue weighted by molar-refractivity contribution is -0.138. The van der Waals surface area contributed by atoms with Crippen molar-refractivity contribution < 1.29 is 14.7 Å². The number of nitrogens with one attached hydrogen (secondary N) is 2. The number of hydrogen-bond donors (Lipinski definition) is 3. The molecule has 1 aromatic rings. The molecule has 0 aliphatic rings. The molecular weight excluding hydrogens is 176 g/mol. The third kappa shape index (κ3) is 2.26. The van der Waals surface area contributed by atoms with E-state index in [1.807, 2.05) is 0 Å². The van der Waals surface area contributed by atoms with Crippen molar-refractivity contribution in [3.05, 3.63) is 12.2 Å². The highest BCUT2D eigenvalue weighted by atomic mass is 16.4. The van der Waals surface area contributed by atoms with E-state index in [1.165, 1.54) is 13.3 Å². The maximum absolute atomic E-state index is 11.1. The second kappa shape index (κ2) is 3.65. The molecule has 0 radical (unpaired) electrons. The zero-order chi connectivity index (χ0) is 9.84. The lowest BCUT2D eigenvalue weighted by atomic mass is 10.3. The Morgan fingerprint density at radius 1 is 1.69 bits per heavy atom. The number of H-pyrrole nitrogens is 1. The minimum absolute atomic E-state index is 0.00639. The molecule has 0 aliphatic heterocycles. The molecule has 0 aliphatic carbocycles. The molecule has 1 rings (SSSR count). The number of aromatic nitrogens is 3. The normalized spacial score (nSPS) is 12.1. The van der Waals surface area contributed by atoms with E-state index in [4.69, 9.17) is 5.11 Å². The molecule has 0 spiro atoms. The number of aromatic amines is 1. The average molecular weight is 184 g/mol. The van der Waals surface area contributed by atoms with Crippen LogP contribution in [-0.2, 0) is 4.79 Å². The number of amides is 1. The predicted molar refractivity (Wildman–Crippen MR) is 40.9 cm³/mol. The number of hydrogen-bond acceptors (Lipinski definition) is 4. The molecule has 13 heavy (non-hydrogen) atoms. The molecule has 0 saturated carbocycles. The first kappa shape index (κ1) is 9.17. The van der Waals surface area contributed by atoms with Crippen LogP contribution in [0.5, 0.6) is 0 Å². The zero-order valence-electron chi connectivity index (χ0n) is 6.81. The summed E-state index contributed by atoms with van der Waals surface area (Å²) in [5.74, 6) is -1.70. The van der Waals surface area contributed by atoms with Crippen molar-refractivity contribution >= 4 is 11.9 Å². The summed E-state index contributed by atoms with van der Waals surface area (Å²) < 4.78 is 0. The Labute approximate surface area is 73.2 Å². The molecule has 1 atom stereocenters. The first-order valence-corrected chi connectivity index (χ1v) is 3.50. The number of carbonyl (C=O) groups excluding carboxylic acids is 1. The summed E-state index contributed by atoms with van der Waals surface area (Å²) in [6.07, 6.45) is 1.17. The highest BCUT2D eigenvalue weighted by Crippen LogP contribution is 1.88. The van der Waals surface area contributed by atoms with Crippen LogP contribution in [0.1, 0.15) is 17.5 Å². The van der Waals surface area contributed by atoms with Crippen LogP contribution in [0.4, 0.5) is 0 Å². The third-order valence-electron chi connectivity index (χ3n) is 1.35. The lowest BCUT2D eigenvalue weighted by Crippen LogP contribution is -2.38. The first-order valence-electron chi connectivity index (χ1n) is 3.50. The Balaban J connectivity index is 2.56. The van der Waals surface area contributed by atoms with Gasteiger partial charge in [-0.3, -0.25) is 14.7 Å². The number of carboxylic acid groups (broad SMARTS) is 1. The second-order valence-corrected chi connectivity index (χ2v) is 2.37. The molecule has 7 nitrogen and oxygen atoms in total. The fraction of sp³-hybridized carbons (Fsp3) is 0.333. The smallest absolute Gasteiger partial charge is 0.325 e. The van der Waals surface area contributed by atoms with E-state index >= 15 is 0 Å². The highest BCUT2D eigenvalue weighted by Gasteiger charge is 2.16. The molecule has 1 heterocycles. The Kier molecular flexibility index (Phi) is 2.58. The van der Waals surface area contributed by atoms with Gasteiger partial charge in [-0.1, -0.05) is 0 Å². The van der Waals surface area contributed by atoms with Crippen LogP contribution in [-0.4, -0.2) is 38.2 Å². The Hall–Kier alpha value is -1.92. The van der Waals surface area contributed by atoms with E-state index in [0.29, 0.717) is 0 Å². The number of rotatable bonds is 3. The van der Waals surface area contributed by atoms with Crippen molar-refractivity contribution in [2.24, 2.45) is 0 Å². The van der Waals surface area contributed by atoms with Gasteiger partial charge in [0.15, 0.2) is 0 Å². The Bertz CT molecular complexity index is 308. The van der Waals surface area contributed by atoms with Crippen molar-refractivity contribution in [2.45, 2.75) is 13.0 Å². The summed E-state index contributed by atoms with van der Waals surface area (Å²) in [6.45, 7) is 1.36. The monoisotopic (exact) mass is 184 g/mol. The topological polar surface area (TPSA) is 108 Å². The van der Waals surface area contributed by atoms with Crippen LogP contribution in [0.3, 0.4) is 0 Å². The number of nitrogens with zero attached hydrogens (tertiary/aromatic N) is 2. The van der Waals surface area contributed by atoms with E-state index in [0.717, 1.165) is 0 Å². The first-order chi connectivity index (χ1) is 6.11. The summed E-state index contributed by atoms with van der Waals surface area (Å²) in [4.78, 5) is 25.0. The van der Waals surface area contributed by atoms with Gasteiger partial charge < -0.3 is 10.4 Å². The van der Waals surface area contributed by atoms with Gasteiger partial charge in [0.2, 0.25) is 5.82 Å². The van der Waals surface area contributed by atoms with Crippen molar-refractivity contribution in [1.29, 1.82) is 0 Å². The molecular formula is C6H8N4O3. The van der Waals surface area contributed by atoms with E-state index in [-0.39, 0.29) is 5.82 Å². The van der Waals surface area contributed by atoms with Crippen molar-refractivity contribution in [1.82, 2.24) is 20.5 Å². The quantitative estimate of drug-likeness (QED) is 0.558. The molecule has 3 N–H and O–H groups in total. The average Bonchev–Trinajstić information content (AvgIpc) is 2.55. The molecule has 0 saturated heterocycles. The minimum atomic E-state index is -1.10. The molecule has 70 valence electrons. The maximum atomic E-state index is 11.1. The van der Waals surface area contributed by atoms with Gasteiger partial charge in [0.1, 0.15) is 12.4 Å². The minimum Gasteiger partial charge on any atom is -0.480 e. The highest BCUT2D eigenvalue weighted by molar-refractivity contribution is 5.93. The van der Waals surface area contributed by atoms with Gasteiger partial charge >= 0.3 is 5.97 Å². The standard InChI is InChI=1S/C6H8N4O3/c1-3(6(12)13)9-5(11)4-7-2-8-10-4/h2-3H,1H3,(H,9,11)(H,12,13)(H,7,8,10). The molecule has 1 unspecified atom stereocenters. The largest absolute Gasteiger partial charge is 0.480 e. The Morgan fingerprint density at radius 2 is 2.38 bits per heavy atom. The van der Waals surface area contributed by atoms with Crippen molar-refractivity contribution in [2.75, 3.05) is 0 Å². The summed E-state index contributed by atoms with van der Waals surface area (Å²) >= 11 is 0. The van der Waals surface area contributed by atoms with Crippen LogP contribution in [0.15, 0.2) is 6.33 Å². The molecule has 7 heteroatoms. The van der Waals surface area contributed by atoms with Gasteiger partial charge in [-0.25, -0.2) is 4.98 Å². The van der Waals surface area contributed by atoms with E-state index in [1.54, 1.807) is 0 Å². The van der Waals surface area contributed by atoms with Crippen LogP contribution >= 0.6 is 0 Å². The number of carboxylic acids is 1. The summed E-state index contributed by atoms with van der Waals surface area (Å²) in [5, 5.41) is 16.4. The molecule has 1 aromatic heterocycles. The summed E-state index contributed by atoms with van der Waals surface area (Å²) in [7, 11) is 0. The number of carbonyl (C=O) groups is 2. The van der Waals surface area contributed by atoms with Crippen LogP contribution < -0.4 is 5.32 Å². The van der Waals surface area contributed by atoms with E-state index in [9.17, 15) is 9.59 Å². The Morgan fingerprint density at radius 3 is 2.85 bits per heavy atom. The maximum Gasteiger partial charge on any atom is 0.325 e. The van der Waals surface area contributed by atoms with Gasteiger partial charge in [0, 0.05) is 0 Å². The van der Waals surface area contributed by atoms with Gasteiger partial charge in [-0.05, 0) is 6.92 Å². The fourth-order valence-electron chi connectivity index (χ4n) is 0.642. The van der Waals surface area contributed by atoms with Crippen molar-refractivity contribution in [3.63, 3.8) is 0 Å².